The number of hydrogen-bond acceptors (Lipinski definition) is 6. The van der Waals surface area contributed by atoms with E-state index in [0.29, 0.717) is 0 Å². The van der Waals surface area contributed by atoms with Gasteiger partial charge in [0.05, 0.1) is 6.07 Å². The summed E-state index contributed by atoms with van der Waals surface area (Å²) in [7, 11) is 0. The van der Waals surface area contributed by atoms with Gasteiger partial charge in [-0.3, -0.25) is 9.59 Å². The van der Waals surface area contributed by atoms with Crippen LogP contribution in [0.15, 0.2) is 54.6 Å². The summed E-state index contributed by atoms with van der Waals surface area (Å²) in [5, 5.41) is 25.0. The first-order valence-electron chi connectivity index (χ1n) is 10.8. The first-order valence-corrected chi connectivity index (χ1v) is 10.8. The molecule has 2 atom stereocenters. The molecule has 0 bridgehead atoms. The maximum absolute atomic E-state index is 13.3. The summed E-state index contributed by atoms with van der Waals surface area (Å²) in [6.45, 7) is 6.23. The molecule has 0 fully saturated rings. The smallest absolute Gasteiger partial charge is 0.408 e. The maximum Gasteiger partial charge on any atom is 0.408 e. The van der Waals surface area contributed by atoms with Crippen molar-refractivity contribution in [3.05, 3.63) is 65.7 Å². The molecule has 2 aromatic rings. The number of amides is 3. The van der Waals surface area contributed by atoms with Gasteiger partial charge in [0.25, 0.3) is 0 Å². The lowest BCUT2D eigenvalue weighted by molar-refractivity contribution is -0.141. The van der Waals surface area contributed by atoms with Gasteiger partial charge in [0, 0.05) is 12.1 Å². The minimum Gasteiger partial charge on any atom is -0.508 e. The van der Waals surface area contributed by atoms with E-state index in [-0.39, 0.29) is 17.9 Å². The molecule has 9 nitrogen and oxygen atoms in total. The lowest BCUT2D eigenvalue weighted by atomic mass is 10.0. The highest BCUT2D eigenvalue weighted by Gasteiger charge is 2.35. The number of rotatable bonds is 8. The van der Waals surface area contributed by atoms with Crippen LogP contribution in [-0.2, 0) is 20.9 Å². The van der Waals surface area contributed by atoms with E-state index in [2.05, 4.69) is 10.6 Å². The standard InChI is InChI=1S/C25H30N4O5/c1-17(28-24(33)34-25(2,3)4)23(32)29(15-14-26)21(19-12-8-9-13-20(19)30)22(31)27-16-18-10-6-5-7-11-18/h5-13,17,21,30H,15-16H2,1-4H3,(H,27,31)(H,28,33). The van der Waals surface area contributed by atoms with Crippen LogP contribution in [-0.4, -0.2) is 46.1 Å². The predicted molar refractivity (Wildman–Crippen MR) is 125 cm³/mol. The summed E-state index contributed by atoms with van der Waals surface area (Å²) in [6, 6.07) is 14.8. The van der Waals surface area contributed by atoms with Gasteiger partial charge in [-0.15, -0.1) is 0 Å². The van der Waals surface area contributed by atoms with Crippen LogP contribution in [0.5, 0.6) is 5.75 Å². The number of nitrogens with zero attached hydrogens (tertiary/aromatic N) is 2. The number of para-hydroxylation sites is 1. The van der Waals surface area contributed by atoms with Crippen molar-refractivity contribution < 1.29 is 24.2 Å². The number of phenolic OH excluding ortho intramolecular Hbond substituents is 1. The highest BCUT2D eigenvalue weighted by atomic mass is 16.6. The number of nitrogens with one attached hydrogen (secondary N) is 2. The van der Waals surface area contributed by atoms with Crippen LogP contribution in [0.1, 0.15) is 44.9 Å². The van der Waals surface area contributed by atoms with Crippen molar-refractivity contribution in [2.75, 3.05) is 6.54 Å². The lowest BCUT2D eigenvalue weighted by Crippen LogP contribution is -2.52. The van der Waals surface area contributed by atoms with E-state index >= 15 is 0 Å². The molecule has 2 rings (SSSR count). The fraction of sp³-hybridized carbons (Fsp3) is 0.360. The minimum absolute atomic E-state index is 0.154. The number of carbonyl (C=O) groups excluding carboxylic acids is 3. The summed E-state index contributed by atoms with van der Waals surface area (Å²) in [5.41, 5.74) is 0.223. The highest BCUT2D eigenvalue weighted by Crippen LogP contribution is 2.29. The first kappa shape index (κ1) is 26.2. The molecular formula is C25H30N4O5. The third-order valence-corrected chi connectivity index (χ3v) is 4.73. The van der Waals surface area contributed by atoms with Crippen molar-refractivity contribution in [2.45, 2.75) is 51.9 Å². The lowest BCUT2D eigenvalue weighted by Gasteiger charge is -2.32. The van der Waals surface area contributed by atoms with Gasteiger partial charge in [-0.25, -0.2) is 4.79 Å². The molecule has 0 saturated carbocycles. The molecular weight excluding hydrogens is 436 g/mol. The van der Waals surface area contributed by atoms with E-state index in [4.69, 9.17) is 4.74 Å². The molecule has 0 aromatic heterocycles. The van der Waals surface area contributed by atoms with Gasteiger partial charge < -0.3 is 25.4 Å². The Labute approximate surface area is 199 Å². The molecule has 0 radical (unpaired) electrons. The molecule has 2 aromatic carbocycles. The summed E-state index contributed by atoms with van der Waals surface area (Å²) in [4.78, 5) is 39.7. The third-order valence-electron chi connectivity index (χ3n) is 4.73. The molecule has 180 valence electrons. The van der Waals surface area contributed by atoms with Crippen molar-refractivity contribution in [3.63, 3.8) is 0 Å². The Morgan fingerprint density at radius 1 is 1.09 bits per heavy atom. The number of phenols is 1. The molecule has 3 N–H and O–H groups in total. The summed E-state index contributed by atoms with van der Waals surface area (Å²) < 4.78 is 5.19. The number of ether oxygens (including phenoxy) is 1. The Morgan fingerprint density at radius 2 is 1.71 bits per heavy atom. The topological polar surface area (TPSA) is 132 Å². The second kappa shape index (κ2) is 11.7. The van der Waals surface area contributed by atoms with Crippen LogP contribution in [0.3, 0.4) is 0 Å². The van der Waals surface area contributed by atoms with Crippen molar-refractivity contribution in [1.29, 1.82) is 5.26 Å². The molecule has 3 amide bonds. The Kier molecular flexibility index (Phi) is 9.01. The number of nitriles is 1. The highest BCUT2D eigenvalue weighted by molar-refractivity contribution is 5.92. The van der Waals surface area contributed by atoms with E-state index < -0.39 is 42.1 Å². The van der Waals surface area contributed by atoms with Crippen LogP contribution in [0.25, 0.3) is 0 Å². The predicted octanol–water partition coefficient (Wildman–Crippen LogP) is 3.02. The molecule has 0 saturated heterocycles. The van der Waals surface area contributed by atoms with Crippen molar-refractivity contribution in [3.8, 4) is 11.8 Å². The number of hydrogen-bond donors (Lipinski definition) is 3. The largest absolute Gasteiger partial charge is 0.508 e. The Hall–Kier alpha value is -4.06. The van der Waals surface area contributed by atoms with Crippen LogP contribution in [0.2, 0.25) is 0 Å². The van der Waals surface area contributed by atoms with Crippen LogP contribution >= 0.6 is 0 Å². The van der Waals surface area contributed by atoms with Gasteiger partial charge in [0.1, 0.15) is 30.0 Å². The SMILES string of the molecule is CC(NC(=O)OC(C)(C)C)C(=O)N(CC#N)C(C(=O)NCc1ccccc1)c1ccccc1O. The van der Waals surface area contributed by atoms with Crippen LogP contribution in [0.4, 0.5) is 4.79 Å². The zero-order valence-corrected chi connectivity index (χ0v) is 19.7. The Bertz CT molecular complexity index is 1040. The normalized spacial score (nSPS) is 12.6. The molecule has 9 heteroatoms. The van der Waals surface area contributed by atoms with E-state index in [9.17, 15) is 24.8 Å². The van der Waals surface area contributed by atoms with Crippen molar-refractivity contribution in [1.82, 2.24) is 15.5 Å². The Morgan fingerprint density at radius 3 is 2.29 bits per heavy atom. The summed E-state index contributed by atoms with van der Waals surface area (Å²) in [6.07, 6.45) is -0.808. The Balaban J connectivity index is 2.33. The molecule has 0 aliphatic rings. The van der Waals surface area contributed by atoms with Gasteiger partial charge >= 0.3 is 6.09 Å². The molecule has 0 spiro atoms. The van der Waals surface area contributed by atoms with E-state index in [1.54, 1.807) is 32.9 Å². The van der Waals surface area contributed by atoms with Crippen LogP contribution < -0.4 is 10.6 Å². The first-order chi connectivity index (χ1) is 16.0. The fourth-order valence-corrected chi connectivity index (χ4v) is 3.22. The third kappa shape index (κ3) is 7.52. The average molecular weight is 467 g/mol. The summed E-state index contributed by atoms with van der Waals surface area (Å²) >= 11 is 0. The zero-order valence-electron chi connectivity index (χ0n) is 19.7. The number of alkyl carbamates (subject to hydrolysis) is 1. The van der Waals surface area contributed by atoms with Crippen molar-refractivity contribution in [2.24, 2.45) is 0 Å². The second-order valence-electron chi connectivity index (χ2n) is 8.66. The second-order valence-corrected chi connectivity index (χ2v) is 8.66. The molecule has 0 heterocycles. The zero-order chi connectivity index (χ0) is 25.3. The minimum atomic E-state index is -1.31. The van der Waals surface area contributed by atoms with Gasteiger partial charge in [-0.2, -0.15) is 5.26 Å². The van der Waals surface area contributed by atoms with Gasteiger partial charge in [0.15, 0.2) is 0 Å². The molecule has 34 heavy (non-hydrogen) atoms. The maximum atomic E-state index is 13.3. The monoisotopic (exact) mass is 466 g/mol. The van der Waals surface area contributed by atoms with E-state index in [0.717, 1.165) is 10.5 Å². The van der Waals surface area contributed by atoms with Crippen molar-refractivity contribution >= 4 is 17.9 Å². The van der Waals surface area contributed by atoms with Gasteiger partial charge in [-0.1, -0.05) is 48.5 Å². The molecule has 0 aliphatic carbocycles. The van der Waals surface area contributed by atoms with Gasteiger partial charge in [0.2, 0.25) is 11.8 Å². The molecule has 2 unspecified atom stereocenters. The number of carbonyl (C=O) groups is 3. The number of aromatic hydroxyl groups is 1. The molecule has 0 aliphatic heterocycles. The van der Waals surface area contributed by atoms with E-state index in [1.807, 2.05) is 36.4 Å². The van der Waals surface area contributed by atoms with E-state index in [1.165, 1.54) is 19.1 Å². The van der Waals surface area contributed by atoms with Gasteiger partial charge in [-0.05, 0) is 39.3 Å². The quantitative estimate of drug-likeness (QED) is 0.513. The fourth-order valence-electron chi connectivity index (χ4n) is 3.22. The average Bonchev–Trinajstić information content (AvgIpc) is 2.77. The number of benzene rings is 2. The van der Waals surface area contributed by atoms with Crippen LogP contribution in [0, 0.1) is 11.3 Å². The summed E-state index contributed by atoms with van der Waals surface area (Å²) in [5.74, 6) is -1.47.